The van der Waals surface area contributed by atoms with Crippen LogP contribution in [0.5, 0.6) is 5.75 Å². The zero-order valence-corrected chi connectivity index (χ0v) is 9.21. The van der Waals surface area contributed by atoms with E-state index in [4.69, 9.17) is 4.74 Å². The lowest BCUT2D eigenvalue weighted by atomic mass is 10.2. The van der Waals surface area contributed by atoms with Gasteiger partial charge in [0.25, 0.3) is 0 Å². The molecule has 15 heavy (non-hydrogen) atoms. The molecule has 0 bridgehead atoms. The molecule has 2 rings (SSSR count). The molecule has 0 atom stereocenters. The number of methoxy groups -OCH3 is 1. The van der Waals surface area contributed by atoms with Crippen LogP contribution in [0.15, 0.2) is 18.5 Å². The van der Waals surface area contributed by atoms with Crippen LogP contribution in [0.25, 0.3) is 11.3 Å². The number of rotatable bonds is 3. The maximum absolute atomic E-state index is 5.10. The Labute approximate surface area is 91.5 Å². The molecule has 2 heterocycles. The van der Waals surface area contributed by atoms with Crippen molar-refractivity contribution in [2.75, 3.05) is 19.5 Å². The number of aromatic nitrogens is 3. The van der Waals surface area contributed by atoms with E-state index in [0.29, 0.717) is 5.75 Å². The predicted molar refractivity (Wildman–Crippen MR) is 59.2 cm³/mol. The molecule has 0 saturated carbocycles. The summed E-state index contributed by atoms with van der Waals surface area (Å²) in [5.74, 6) is 1.47. The maximum atomic E-state index is 5.10. The summed E-state index contributed by atoms with van der Waals surface area (Å²) in [6.07, 6.45) is 3.39. The highest BCUT2D eigenvalue weighted by molar-refractivity contribution is 6.99. The number of hydrogen-bond acceptors (Lipinski definition) is 6. The van der Waals surface area contributed by atoms with E-state index in [1.165, 1.54) is 11.7 Å². The molecule has 0 amide bonds. The van der Waals surface area contributed by atoms with Crippen molar-refractivity contribution in [2.24, 2.45) is 0 Å². The molecule has 0 radical (unpaired) electrons. The topological polar surface area (TPSA) is 59.9 Å². The normalized spacial score (nSPS) is 10.0. The van der Waals surface area contributed by atoms with Crippen molar-refractivity contribution >= 4 is 17.5 Å². The fraction of sp³-hybridized carbons (Fsp3) is 0.222. The lowest BCUT2D eigenvalue weighted by molar-refractivity contribution is 0.413. The lowest BCUT2D eigenvalue weighted by Crippen LogP contribution is -1.92. The number of nitrogens with one attached hydrogen (secondary N) is 1. The minimum Gasteiger partial charge on any atom is -0.495 e. The summed E-state index contributed by atoms with van der Waals surface area (Å²) in [5.41, 5.74) is 1.70. The zero-order chi connectivity index (χ0) is 10.7. The van der Waals surface area contributed by atoms with Crippen LogP contribution in [0.4, 0.5) is 5.82 Å². The smallest absolute Gasteiger partial charge is 0.167 e. The first-order valence-electron chi connectivity index (χ1n) is 4.35. The Morgan fingerprint density at radius 1 is 1.33 bits per heavy atom. The Morgan fingerprint density at radius 2 is 2.20 bits per heavy atom. The van der Waals surface area contributed by atoms with Crippen LogP contribution in [-0.2, 0) is 0 Å². The molecule has 0 saturated heterocycles. The van der Waals surface area contributed by atoms with Crippen LogP contribution in [-0.4, -0.2) is 27.9 Å². The second kappa shape index (κ2) is 4.22. The first-order chi connectivity index (χ1) is 7.35. The van der Waals surface area contributed by atoms with Crippen LogP contribution in [0.3, 0.4) is 0 Å². The number of hydrogen-bond donors (Lipinski definition) is 1. The molecule has 2 aromatic heterocycles. The number of nitrogens with zero attached hydrogens (tertiary/aromatic N) is 3. The monoisotopic (exact) mass is 222 g/mol. The summed E-state index contributed by atoms with van der Waals surface area (Å²) in [6, 6.07) is 1.88. The fourth-order valence-electron chi connectivity index (χ4n) is 1.20. The molecule has 0 aliphatic heterocycles. The molecule has 5 nitrogen and oxygen atoms in total. The Hall–Kier alpha value is -1.69. The molecule has 0 aliphatic rings. The van der Waals surface area contributed by atoms with Crippen LogP contribution in [0.1, 0.15) is 0 Å². The Kier molecular flexibility index (Phi) is 2.77. The second-order valence-electron chi connectivity index (χ2n) is 2.82. The van der Waals surface area contributed by atoms with E-state index in [0.717, 1.165) is 17.1 Å². The van der Waals surface area contributed by atoms with Gasteiger partial charge in [0, 0.05) is 18.8 Å². The van der Waals surface area contributed by atoms with Crippen molar-refractivity contribution < 1.29 is 4.74 Å². The molecule has 1 N–H and O–H groups in total. The van der Waals surface area contributed by atoms with Crippen molar-refractivity contribution in [1.82, 2.24) is 13.7 Å². The van der Waals surface area contributed by atoms with Crippen molar-refractivity contribution in [3.8, 4) is 17.0 Å². The number of anilines is 1. The van der Waals surface area contributed by atoms with E-state index >= 15 is 0 Å². The van der Waals surface area contributed by atoms with E-state index in [1.807, 2.05) is 13.1 Å². The summed E-state index contributed by atoms with van der Waals surface area (Å²) in [4.78, 5) is 4.07. The predicted octanol–water partition coefficient (Wildman–Crippen LogP) is 1.65. The van der Waals surface area contributed by atoms with E-state index < -0.39 is 0 Å². The van der Waals surface area contributed by atoms with Gasteiger partial charge in [-0.1, -0.05) is 0 Å². The van der Waals surface area contributed by atoms with Gasteiger partial charge in [-0.15, -0.1) is 0 Å². The largest absolute Gasteiger partial charge is 0.495 e. The van der Waals surface area contributed by atoms with Gasteiger partial charge in [0.15, 0.2) is 5.82 Å². The third-order valence-electron chi connectivity index (χ3n) is 1.95. The average molecular weight is 222 g/mol. The third-order valence-corrected chi connectivity index (χ3v) is 2.48. The van der Waals surface area contributed by atoms with Gasteiger partial charge in [-0.05, 0) is 6.07 Å². The minimum absolute atomic E-state index is 0.711. The summed E-state index contributed by atoms with van der Waals surface area (Å²) >= 11 is 1.17. The Bertz CT molecular complexity index is 457. The standard InChI is InChI=1S/C9H10N4OS/c1-10-9-8(12-15-13-9)6-3-7(14-2)5-11-4-6/h3-5H,1-2H3,(H,10,13). The Morgan fingerprint density at radius 3 is 2.93 bits per heavy atom. The molecule has 0 fully saturated rings. The SMILES string of the molecule is CNc1nsnc1-c1cncc(OC)c1. The van der Waals surface area contributed by atoms with Crippen molar-refractivity contribution in [3.63, 3.8) is 0 Å². The maximum Gasteiger partial charge on any atom is 0.167 e. The number of pyridine rings is 1. The van der Waals surface area contributed by atoms with Crippen LogP contribution in [0, 0.1) is 0 Å². The molecule has 0 unspecified atom stereocenters. The van der Waals surface area contributed by atoms with E-state index in [2.05, 4.69) is 19.0 Å². The molecule has 78 valence electrons. The highest BCUT2D eigenvalue weighted by atomic mass is 32.1. The van der Waals surface area contributed by atoms with E-state index in [1.54, 1.807) is 19.5 Å². The molecule has 6 heteroatoms. The summed E-state index contributed by atoms with van der Waals surface area (Å²) < 4.78 is 13.4. The van der Waals surface area contributed by atoms with Gasteiger partial charge in [-0.3, -0.25) is 4.98 Å². The van der Waals surface area contributed by atoms with E-state index in [9.17, 15) is 0 Å². The zero-order valence-electron chi connectivity index (χ0n) is 8.39. The highest BCUT2D eigenvalue weighted by Gasteiger charge is 2.09. The summed E-state index contributed by atoms with van der Waals surface area (Å²) in [6.45, 7) is 0. The van der Waals surface area contributed by atoms with Gasteiger partial charge in [0.1, 0.15) is 11.4 Å². The fourth-order valence-corrected chi connectivity index (χ4v) is 1.78. The first-order valence-corrected chi connectivity index (χ1v) is 5.08. The molecule has 0 spiro atoms. The minimum atomic E-state index is 0.711. The number of ether oxygens (including phenoxy) is 1. The van der Waals surface area contributed by atoms with Gasteiger partial charge in [-0.25, -0.2) is 0 Å². The van der Waals surface area contributed by atoms with Gasteiger partial charge in [0.05, 0.1) is 25.0 Å². The quantitative estimate of drug-likeness (QED) is 0.855. The first kappa shape index (κ1) is 9.85. The summed E-state index contributed by atoms with van der Waals surface area (Å²) in [5, 5.41) is 2.98. The molecule has 0 aromatic carbocycles. The van der Waals surface area contributed by atoms with Gasteiger partial charge in [0.2, 0.25) is 0 Å². The van der Waals surface area contributed by atoms with Crippen molar-refractivity contribution in [1.29, 1.82) is 0 Å². The van der Waals surface area contributed by atoms with Crippen molar-refractivity contribution in [3.05, 3.63) is 18.5 Å². The van der Waals surface area contributed by atoms with Crippen LogP contribution < -0.4 is 10.1 Å². The molecular weight excluding hydrogens is 212 g/mol. The van der Waals surface area contributed by atoms with Crippen molar-refractivity contribution in [2.45, 2.75) is 0 Å². The van der Waals surface area contributed by atoms with Gasteiger partial charge in [-0.2, -0.15) is 8.75 Å². The average Bonchev–Trinajstić information content (AvgIpc) is 2.77. The molecule has 2 aromatic rings. The Balaban J connectivity index is 2.44. The second-order valence-corrected chi connectivity index (χ2v) is 3.35. The molecule has 0 aliphatic carbocycles. The third kappa shape index (κ3) is 1.89. The highest BCUT2D eigenvalue weighted by Crippen LogP contribution is 2.26. The lowest BCUT2D eigenvalue weighted by Gasteiger charge is -2.02. The summed E-state index contributed by atoms with van der Waals surface area (Å²) in [7, 11) is 3.42. The van der Waals surface area contributed by atoms with Crippen LogP contribution in [0.2, 0.25) is 0 Å². The van der Waals surface area contributed by atoms with E-state index in [-0.39, 0.29) is 0 Å². The van der Waals surface area contributed by atoms with Crippen LogP contribution >= 0.6 is 11.7 Å². The van der Waals surface area contributed by atoms with Gasteiger partial charge >= 0.3 is 0 Å². The molecular formula is C9H10N4OS. The van der Waals surface area contributed by atoms with Gasteiger partial charge < -0.3 is 10.1 Å².